The first kappa shape index (κ1) is 18.5. The smallest absolute Gasteiger partial charge is 0.249 e. The summed E-state index contributed by atoms with van der Waals surface area (Å²) in [6.45, 7) is 0.966. The number of amides is 1. The molecule has 1 aromatic rings. The number of carbonyl (C=O) groups excluding carboxylic acids is 1. The van der Waals surface area contributed by atoms with E-state index in [1.807, 2.05) is 12.1 Å². The molecule has 7 heteroatoms. The van der Waals surface area contributed by atoms with Crippen molar-refractivity contribution in [3.05, 3.63) is 33.8 Å². The van der Waals surface area contributed by atoms with E-state index in [-0.39, 0.29) is 30.5 Å². The molecule has 1 aromatic carbocycles. The lowest BCUT2D eigenvalue weighted by molar-refractivity contribution is -0.131. The molecule has 2 atom stereocenters. The van der Waals surface area contributed by atoms with Gasteiger partial charge in [0, 0.05) is 13.1 Å². The Balaban J connectivity index is 0.00000220. The second-order valence-corrected chi connectivity index (χ2v) is 5.60. The van der Waals surface area contributed by atoms with E-state index in [1.54, 1.807) is 6.07 Å². The van der Waals surface area contributed by atoms with E-state index in [2.05, 4.69) is 5.32 Å². The van der Waals surface area contributed by atoms with Crippen molar-refractivity contribution in [2.24, 2.45) is 5.73 Å². The van der Waals surface area contributed by atoms with Gasteiger partial charge in [-0.25, -0.2) is 0 Å². The molecule has 2 rings (SSSR count). The quantitative estimate of drug-likeness (QED) is 0.855. The topological polar surface area (TPSA) is 64.4 Å². The maximum Gasteiger partial charge on any atom is 0.249 e. The maximum absolute atomic E-state index is 11.9. The van der Waals surface area contributed by atoms with Crippen LogP contribution in [0.1, 0.15) is 18.4 Å². The third-order valence-electron chi connectivity index (χ3n) is 3.39. The summed E-state index contributed by atoms with van der Waals surface area (Å²) in [6, 6.07) is 5.49. The Morgan fingerprint density at radius 2 is 2.14 bits per heavy atom. The standard InChI is InChI=1S/C14H18Cl2N2O2.ClH/c15-11-3-1-2-9(13(11)16)6-7-18-14(19)12-5-4-10(8-17)20-12;/h1-3,10,12H,4-8,17H2,(H,18,19);1H/t10-,12+;/m1./s1. The van der Waals surface area contributed by atoms with Crippen molar-refractivity contribution >= 4 is 41.5 Å². The Morgan fingerprint density at radius 3 is 2.81 bits per heavy atom. The Kier molecular flexibility index (Phi) is 7.77. The van der Waals surface area contributed by atoms with Crippen LogP contribution in [-0.4, -0.2) is 31.2 Å². The third kappa shape index (κ3) is 5.01. The van der Waals surface area contributed by atoms with Crippen molar-refractivity contribution in [3.8, 4) is 0 Å². The van der Waals surface area contributed by atoms with E-state index in [1.165, 1.54) is 0 Å². The number of rotatable bonds is 5. The van der Waals surface area contributed by atoms with Crippen molar-refractivity contribution in [2.45, 2.75) is 31.5 Å². The summed E-state index contributed by atoms with van der Waals surface area (Å²) < 4.78 is 5.53. The number of carbonyl (C=O) groups is 1. The Labute approximate surface area is 140 Å². The number of hydrogen-bond donors (Lipinski definition) is 2. The molecular formula is C14H19Cl3N2O2. The lowest BCUT2D eigenvalue weighted by atomic mass is 10.1. The van der Waals surface area contributed by atoms with Gasteiger partial charge in [0.15, 0.2) is 0 Å². The highest BCUT2D eigenvalue weighted by Gasteiger charge is 2.29. The fraction of sp³-hybridized carbons (Fsp3) is 0.500. The van der Waals surface area contributed by atoms with Crippen LogP contribution in [0, 0.1) is 0 Å². The van der Waals surface area contributed by atoms with Crippen LogP contribution in [0.4, 0.5) is 0 Å². The van der Waals surface area contributed by atoms with Crippen LogP contribution >= 0.6 is 35.6 Å². The number of ether oxygens (including phenoxy) is 1. The van der Waals surface area contributed by atoms with E-state index in [0.29, 0.717) is 29.6 Å². The predicted octanol–water partition coefficient (Wildman–Crippen LogP) is 2.58. The third-order valence-corrected chi connectivity index (χ3v) is 4.25. The molecule has 0 saturated carbocycles. The number of nitrogens with one attached hydrogen (secondary N) is 1. The largest absolute Gasteiger partial charge is 0.364 e. The number of hydrogen-bond acceptors (Lipinski definition) is 3. The van der Waals surface area contributed by atoms with Crippen molar-refractivity contribution in [1.29, 1.82) is 0 Å². The SMILES string of the molecule is Cl.NC[C@H]1CC[C@@H](C(=O)NCCc2cccc(Cl)c2Cl)O1. The number of benzene rings is 1. The van der Waals surface area contributed by atoms with E-state index < -0.39 is 0 Å². The molecule has 0 aromatic heterocycles. The molecular weight excluding hydrogens is 335 g/mol. The van der Waals surface area contributed by atoms with Crippen molar-refractivity contribution in [3.63, 3.8) is 0 Å². The van der Waals surface area contributed by atoms with Gasteiger partial charge in [-0.1, -0.05) is 35.3 Å². The van der Waals surface area contributed by atoms with Crippen LogP contribution < -0.4 is 11.1 Å². The minimum atomic E-state index is -0.376. The van der Waals surface area contributed by atoms with Gasteiger partial charge in [0.05, 0.1) is 16.1 Å². The van der Waals surface area contributed by atoms with E-state index in [0.717, 1.165) is 18.4 Å². The average molecular weight is 354 g/mol. The molecule has 0 aliphatic carbocycles. The van der Waals surface area contributed by atoms with E-state index in [4.69, 9.17) is 33.7 Å². The second-order valence-electron chi connectivity index (χ2n) is 4.81. The summed E-state index contributed by atoms with van der Waals surface area (Å²) in [5, 5.41) is 3.93. The summed E-state index contributed by atoms with van der Waals surface area (Å²) in [6.07, 6.45) is 1.84. The van der Waals surface area contributed by atoms with Crippen LogP contribution in [0.5, 0.6) is 0 Å². The Hall–Kier alpha value is -0.520. The summed E-state index contributed by atoms with van der Waals surface area (Å²) >= 11 is 12.0. The summed E-state index contributed by atoms with van der Waals surface area (Å²) in [5.74, 6) is -0.0842. The minimum Gasteiger partial charge on any atom is -0.364 e. The van der Waals surface area contributed by atoms with Gasteiger partial charge < -0.3 is 15.8 Å². The van der Waals surface area contributed by atoms with Crippen LogP contribution in [0.2, 0.25) is 10.0 Å². The molecule has 1 heterocycles. The molecule has 21 heavy (non-hydrogen) atoms. The first-order valence-electron chi connectivity index (χ1n) is 6.68. The molecule has 0 radical (unpaired) electrons. The first-order valence-corrected chi connectivity index (χ1v) is 7.43. The highest BCUT2D eigenvalue weighted by molar-refractivity contribution is 6.42. The summed E-state index contributed by atoms with van der Waals surface area (Å²) in [5.41, 5.74) is 6.44. The zero-order valence-electron chi connectivity index (χ0n) is 11.5. The molecule has 1 aliphatic heterocycles. The zero-order chi connectivity index (χ0) is 14.5. The first-order chi connectivity index (χ1) is 9.61. The van der Waals surface area contributed by atoms with Gasteiger partial charge in [0.2, 0.25) is 5.91 Å². The zero-order valence-corrected chi connectivity index (χ0v) is 13.8. The molecule has 1 fully saturated rings. The van der Waals surface area contributed by atoms with Gasteiger partial charge in [0.1, 0.15) is 6.10 Å². The molecule has 1 saturated heterocycles. The van der Waals surface area contributed by atoms with Crippen molar-refractivity contribution in [2.75, 3.05) is 13.1 Å². The highest BCUT2D eigenvalue weighted by Crippen LogP contribution is 2.25. The summed E-state index contributed by atoms with van der Waals surface area (Å²) in [4.78, 5) is 11.9. The fourth-order valence-corrected chi connectivity index (χ4v) is 2.66. The van der Waals surface area contributed by atoms with Crippen LogP contribution in [-0.2, 0) is 16.0 Å². The van der Waals surface area contributed by atoms with E-state index >= 15 is 0 Å². The van der Waals surface area contributed by atoms with Gasteiger partial charge in [0.25, 0.3) is 0 Å². The van der Waals surface area contributed by atoms with Gasteiger partial charge >= 0.3 is 0 Å². The molecule has 1 amide bonds. The maximum atomic E-state index is 11.9. The molecule has 1 aliphatic rings. The predicted molar refractivity (Wildman–Crippen MR) is 87.4 cm³/mol. The van der Waals surface area contributed by atoms with Crippen LogP contribution in [0.15, 0.2) is 18.2 Å². The van der Waals surface area contributed by atoms with Crippen molar-refractivity contribution < 1.29 is 9.53 Å². The average Bonchev–Trinajstić information content (AvgIpc) is 2.92. The van der Waals surface area contributed by atoms with Gasteiger partial charge in [-0.05, 0) is 30.9 Å². The lowest BCUT2D eigenvalue weighted by Crippen LogP contribution is -2.36. The minimum absolute atomic E-state index is 0. The van der Waals surface area contributed by atoms with Crippen LogP contribution in [0.3, 0.4) is 0 Å². The second kappa shape index (κ2) is 8.81. The molecule has 0 spiro atoms. The van der Waals surface area contributed by atoms with Gasteiger partial charge in [-0.15, -0.1) is 12.4 Å². The Morgan fingerprint density at radius 1 is 1.38 bits per heavy atom. The van der Waals surface area contributed by atoms with E-state index in [9.17, 15) is 4.79 Å². The van der Waals surface area contributed by atoms with Crippen molar-refractivity contribution in [1.82, 2.24) is 5.32 Å². The Bertz CT molecular complexity index is 485. The molecule has 0 unspecified atom stereocenters. The lowest BCUT2D eigenvalue weighted by Gasteiger charge is -2.13. The molecule has 0 bridgehead atoms. The van der Waals surface area contributed by atoms with Gasteiger partial charge in [-0.2, -0.15) is 0 Å². The summed E-state index contributed by atoms with van der Waals surface area (Å²) in [7, 11) is 0. The monoisotopic (exact) mass is 352 g/mol. The normalized spacial score (nSPS) is 20.9. The molecule has 4 nitrogen and oxygen atoms in total. The van der Waals surface area contributed by atoms with Crippen LogP contribution in [0.25, 0.3) is 0 Å². The highest BCUT2D eigenvalue weighted by atomic mass is 35.5. The molecule has 118 valence electrons. The number of halogens is 3. The van der Waals surface area contributed by atoms with Gasteiger partial charge in [-0.3, -0.25) is 4.79 Å². The molecule has 3 N–H and O–H groups in total. The number of nitrogens with two attached hydrogens (primary N) is 1. The fourth-order valence-electron chi connectivity index (χ4n) is 2.25.